The number of rotatable bonds is 5. The number of ether oxygens (including phenoxy) is 1. The number of anilines is 1. The maximum Gasteiger partial charge on any atom is 0.261 e. The first-order valence-corrected chi connectivity index (χ1v) is 12.2. The third kappa shape index (κ3) is 3.88. The van der Waals surface area contributed by atoms with Crippen molar-refractivity contribution in [1.82, 2.24) is 4.98 Å². The number of nitrogens with zero attached hydrogens (tertiary/aromatic N) is 2. The number of hydrogen-bond acceptors (Lipinski definition) is 3. The van der Waals surface area contributed by atoms with E-state index in [1.807, 2.05) is 0 Å². The largest absolute Gasteiger partial charge is 0.361 e. The third-order valence-corrected chi connectivity index (χ3v) is 6.65. The summed E-state index contributed by atoms with van der Waals surface area (Å²) in [4.78, 5) is 18.1. The Hall–Kier alpha value is 0.0469. The summed E-state index contributed by atoms with van der Waals surface area (Å²) in [7, 11) is -1.14. The van der Waals surface area contributed by atoms with Crippen molar-refractivity contribution in [3.05, 3.63) is 23.0 Å². The lowest BCUT2D eigenvalue weighted by Crippen LogP contribution is -2.35. The molecule has 0 spiro atoms. The van der Waals surface area contributed by atoms with Gasteiger partial charge in [0.1, 0.15) is 11.9 Å². The molecule has 1 aliphatic heterocycles. The predicted molar refractivity (Wildman–Crippen MR) is 95.2 cm³/mol. The second-order valence-corrected chi connectivity index (χ2v) is 15.6. The average Bonchev–Trinajstić information content (AvgIpc) is 2.53. The van der Waals surface area contributed by atoms with Crippen LogP contribution in [0.4, 0.5) is 5.69 Å². The second kappa shape index (κ2) is 6.27. The fraction of sp³-hybridized carbons (Fsp3) is 0.538. The topological polar surface area (TPSA) is 42.4 Å². The molecule has 0 atom stereocenters. The standard InChI is InChI=1S/C13H17Br2ClN2O2Si/c1-21(2,3)5-4-20-8-18-10-6-11(16)17-7-9(10)13(14,15)12(18)19/h6-7H,4-5,8H2,1-3H3. The van der Waals surface area contributed by atoms with Crippen molar-refractivity contribution in [3.63, 3.8) is 0 Å². The lowest BCUT2D eigenvalue weighted by molar-refractivity contribution is -0.119. The molecule has 0 unspecified atom stereocenters. The van der Waals surface area contributed by atoms with Gasteiger partial charge in [-0.25, -0.2) is 4.98 Å². The first-order chi connectivity index (χ1) is 9.63. The van der Waals surface area contributed by atoms with Gasteiger partial charge < -0.3 is 4.74 Å². The van der Waals surface area contributed by atoms with Crippen LogP contribution in [0.2, 0.25) is 30.8 Å². The molecule has 116 valence electrons. The Morgan fingerprint density at radius 2 is 2.10 bits per heavy atom. The van der Waals surface area contributed by atoms with Gasteiger partial charge in [-0.15, -0.1) is 0 Å². The minimum Gasteiger partial charge on any atom is -0.361 e. The molecule has 1 aromatic rings. The molecule has 0 saturated carbocycles. The van der Waals surface area contributed by atoms with Crippen LogP contribution in [0.5, 0.6) is 0 Å². The van der Waals surface area contributed by atoms with Crippen LogP contribution in [0, 0.1) is 0 Å². The molecule has 0 bridgehead atoms. The summed E-state index contributed by atoms with van der Waals surface area (Å²) in [5.74, 6) is -0.130. The van der Waals surface area contributed by atoms with Gasteiger partial charge in [0.15, 0.2) is 3.23 Å². The van der Waals surface area contributed by atoms with Gasteiger partial charge in [0.25, 0.3) is 5.91 Å². The zero-order valence-electron chi connectivity index (χ0n) is 12.1. The smallest absolute Gasteiger partial charge is 0.261 e. The van der Waals surface area contributed by atoms with Crippen molar-refractivity contribution >= 4 is 63.1 Å². The number of amides is 1. The summed E-state index contributed by atoms with van der Waals surface area (Å²) < 4.78 is 4.74. The Bertz CT molecular complexity index is 564. The molecule has 0 aromatic carbocycles. The normalized spacial score (nSPS) is 17.2. The van der Waals surface area contributed by atoms with Gasteiger partial charge >= 0.3 is 0 Å². The highest BCUT2D eigenvalue weighted by molar-refractivity contribution is 9.25. The van der Waals surface area contributed by atoms with Crippen LogP contribution < -0.4 is 4.90 Å². The number of carbonyl (C=O) groups is 1. The summed E-state index contributed by atoms with van der Waals surface area (Å²) in [6.07, 6.45) is 1.60. The van der Waals surface area contributed by atoms with Crippen LogP contribution >= 0.6 is 43.5 Å². The predicted octanol–water partition coefficient (Wildman–Crippen LogP) is 4.34. The van der Waals surface area contributed by atoms with Crippen LogP contribution in [0.3, 0.4) is 0 Å². The molecule has 4 nitrogen and oxygen atoms in total. The highest BCUT2D eigenvalue weighted by atomic mass is 79.9. The van der Waals surface area contributed by atoms with Gasteiger partial charge in [-0.3, -0.25) is 9.69 Å². The van der Waals surface area contributed by atoms with Crippen LogP contribution in [0.1, 0.15) is 5.56 Å². The molecule has 21 heavy (non-hydrogen) atoms. The molecular formula is C13H17Br2ClN2O2Si. The van der Waals surface area contributed by atoms with Gasteiger partial charge in [-0.1, -0.05) is 63.1 Å². The summed E-state index contributed by atoms with van der Waals surface area (Å²) >= 11 is 12.7. The average molecular weight is 457 g/mol. The molecule has 2 heterocycles. The highest BCUT2D eigenvalue weighted by Gasteiger charge is 2.48. The number of alkyl halides is 2. The molecule has 0 fully saturated rings. The van der Waals surface area contributed by atoms with Crippen LogP contribution in [0.15, 0.2) is 12.3 Å². The maximum absolute atomic E-state index is 12.5. The Labute approximate surface area is 147 Å². The van der Waals surface area contributed by atoms with E-state index in [1.165, 1.54) is 0 Å². The molecule has 2 rings (SSSR count). The third-order valence-electron chi connectivity index (χ3n) is 3.21. The lowest BCUT2D eigenvalue weighted by atomic mass is 10.2. The van der Waals surface area contributed by atoms with Gasteiger partial charge in [-0.05, 0) is 12.1 Å². The van der Waals surface area contributed by atoms with E-state index in [9.17, 15) is 4.79 Å². The van der Waals surface area contributed by atoms with E-state index in [0.717, 1.165) is 17.3 Å². The Morgan fingerprint density at radius 3 is 2.71 bits per heavy atom. The van der Waals surface area contributed by atoms with Crippen molar-refractivity contribution in [2.24, 2.45) is 0 Å². The van der Waals surface area contributed by atoms with E-state index in [1.54, 1.807) is 17.2 Å². The van der Waals surface area contributed by atoms with E-state index >= 15 is 0 Å². The number of aromatic nitrogens is 1. The molecule has 8 heteroatoms. The van der Waals surface area contributed by atoms with Gasteiger partial charge in [0.05, 0.1) is 5.69 Å². The zero-order chi connectivity index (χ0) is 15.8. The van der Waals surface area contributed by atoms with Crippen molar-refractivity contribution < 1.29 is 9.53 Å². The molecule has 1 aliphatic rings. The number of pyridine rings is 1. The summed E-state index contributed by atoms with van der Waals surface area (Å²) in [5, 5.41) is 0.353. The number of fused-ring (bicyclic) bond motifs is 1. The van der Waals surface area contributed by atoms with E-state index in [0.29, 0.717) is 11.8 Å². The van der Waals surface area contributed by atoms with E-state index in [4.69, 9.17) is 16.3 Å². The van der Waals surface area contributed by atoms with Gasteiger partial charge in [-0.2, -0.15) is 0 Å². The van der Waals surface area contributed by atoms with E-state index in [2.05, 4.69) is 56.5 Å². The zero-order valence-corrected chi connectivity index (χ0v) is 17.0. The lowest BCUT2D eigenvalue weighted by Gasteiger charge is -2.20. The van der Waals surface area contributed by atoms with Crippen LogP contribution in [0.25, 0.3) is 0 Å². The van der Waals surface area contributed by atoms with Crippen molar-refractivity contribution in [1.29, 1.82) is 0 Å². The van der Waals surface area contributed by atoms with Crippen molar-refractivity contribution in [2.75, 3.05) is 18.2 Å². The number of halogens is 3. The summed E-state index contributed by atoms with van der Waals surface area (Å²) in [6, 6.07) is 2.74. The monoisotopic (exact) mass is 454 g/mol. The first kappa shape index (κ1) is 17.4. The minimum absolute atomic E-state index is 0.130. The Balaban J connectivity index is 2.11. The van der Waals surface area contributed by atoms with Crippen molar-refractivity contribution in [2.45, 2.75) is 28.9 Å². The Kier molecular flexibility index (Phi) is 5.20. The quantitative estimate of drug-likeness (QED) is 0.287. The summed E-state index contributed by atoms with van der Waals surface area (Å²) in [5.41, 5.74) is 1.47. The fourth-order valence-corrected chi connectivity index (χ4v) is 3.89. The minimum atomic E-state index is -1.14. The molecule has 0 aliphatic carbocycles. The van der Waals surface area contributed by atoms with Gasteiger partial charge in [0.2, 0.25) is 0 Å². The first-order valence-electron chi connectivity index (χ1n) is 6.56. The molecular weight excluding hydrogens is 440 g/mol. The van der Waals surface area contributed by atoms with Crippen molar-refractivity contribution in [3.8, 4) is 0 Å². The maximum atomic E-state index is 12.5. The SMILES string of the molecule is C[Si](C)(C)CCOCN1C(=O)C(Br)(Br)c2cnc(Cl)cc21. The number of carbonyl (C=O) groups excluding carboxylic acids is 1. The summed E-state index contributed by atoms with van der Waals surface area (Å²) in [6.45, 7) is 7.75. The number of hydrogen-bond donors (Lipinski definition) is 0. The van der Waals surface area contributed by atoms with E-state index in [-0.39, 0.29) is 12.6 Å². The molecule has 0 radical (unpaired) electrons. The van der Waals surface area contributed by atoms with Gasteiger partial charge in [0, 0.05) is 26.4 Å². The Morgan fingerprint density at radius 1 is 1.43 bits per heavy atom. The molecule has 1 aromatic heterocycles. The van der Waals surface area contributed by atoms with Crippen LogP contribution in [-0.4, -0.2) is 32.3 Å². The second-order valence-electron chi connectivity index (χ2n) is 6.18. The highest BCUT2D eigenvalue weighted by Crippen LogP contribution is 2.50. The molecule has 0 saturated heterocycles. The fourth-order valence-electron chi connectivity index (χ4n) is 1.94. The van der Waals surface area contributed by atoms with Crippen LogP contribution in [-0.2, 0) is 12.8 Å². The molecule has 1 amide bonds. The van der Waals surface area contributed by atoms with E-state index < -0.39 is 11.3 Å². The molecule has 0 N–H and O–H groups in total.